The highest BCUT2D eigenvalue weighted by Crippen LogP contribution is 2.68. The summed E-state index contributed by atoms with van der Waals surface area (Å²) >= 11 is 0. The van der Waals surface area contributed by atoms with Crippen molar-refractivity contribution < 1.29 is 24.9 Å². The Bertz CT molecular complexity index is 1030. The number of Topliss-reactive ketones (excluding diaryl/α,β-unsaturated/α-hetero) is 1. The van der Waals surface area contributed by atoms with Crippen LogP contribution in [-0.2, 0) is 9.59 Å². The average molecular weight is 437 g/mol. The molecule has 0 aromatic heterocycles. The number of aliphatic hydroxyl groups excluding tert-OH is 2. The molecule has 0 spiro atoms. The molecular weight excluding hydrogens is 404 g/mol. The molecular formula is C27H32O5. The van der Waals surface area contributed by atoms with E-state index >= 15 is 0 Å². The second-order valence-corrected chi connectivity index (χ2v) is 10.7. The standard InChI is InChI=1S/C27H32O5/c1-25-14-22(30)24-19(20(25)10-11-27(25,32)23(31)15-28)9-8-17-12-18(29)13-21(26(17,24)2)16-6-4-3-5-7-16/h3-7,12-13,19-20,22,24,28,30,32H,8-11,14-15H2,1-2H3/t19-,20-,22-,24+,25-,26+,27-/m0/s1. The van der Waals surface area contributed by atoms with Crippen LogP contribution in [-0.4, -0.2) is 45.2 Å². The molecule has 0 radical (unpaired) electrons. The summed E-state index contributed by atoms with van der Waals surface area (Å²) < 4.78 is 0. The van der Waals surface area contributed by atoms with Crippen LogP contribution in [0.15, 0.2) is 48.1 Å². The van der Waals surface area contributed by atoms with Gasteiger partial charge in [0.2, 0.25) is 0 Å². The highest BCUT2D eigenvalue weighted by atomic mass is 16.3. The zero-order valence-electron chi connectivity index (χ0n) is 18.8. The normalized spacial score (nSPS) is 43.0. The van der Waals surface area contributed by atoms with E-state index in [-0.39, 0.29) is 23.5 Å². The van der Waals surface area contributed by atoms with Gasteiger partial charge >= 0.3 is 0 Å². The molecule has 0 amide bonds. The molecule has 1 aromatic carbocycles. The molecule has 3 fully saturated rings. The molecule has 0 aliphatic heterocycles. The molecule has 5 heteroatoms. The van der Waals surface area contributed by atoms with Crippen LogP contribution in [0.4, 0.5) is 0 Å². The lowest BCUT2D eigenvalue weighted by molar-refractivity contribution is -0.177. The molecule has 0 unspecified atom stereocenters. The highest BCUT2D eigenvalue weighted by molar-refractivity contribution is 6.08. The van der Waals surface area contributed by atoms with Gasteiger partial charge in [-0.3, -0.25) is 9.59 Å². The van der Waals surface area contributed by atoms with Crippen molar-refractivity contribution in [2.24, 2.45) is 28.6 Å². The van der Waals surface area contributed by atoms with Crippen molar-refractivity contribution in [1.82, 2.24) is 0 Å². The minimum absolute atomic E-state index is 0.00583. The van der Waals surface area contributed by atoms with Gasteiger partial charge in [0.05, 0.1) is 6.10 Å². The van der Waals surface area contributed by atoms with Crippen LogP contribution in [0.25, 0.3) is 5.57 Å². The third kappa shape index (κ3) is 2.68. The summed E-state index contributed by atoms with van der Waals surface area (Å²) in [5.41, 5.74) is 0.168. The summed E-state index contributed by atoms with van der Waals surface area (Å²) in [6.45, 7) is 3.40. The maximum absolute atomic E-state index is 12.6. The van der Waals surface area contributed by atoms with E-state index in [0.29, 0.717) is 19.3 Å². The zero-order chi connectivity index (χ0) is 22.9. The molecule has 3 saturated carbocycles. The first-order valence-corrected chi connectivity index (χ1v) is 11.7. The molecule has 0 bridgehead atoms. The predicted molar refractivity (Wildman–Crippen MR) is 120 cm³/mol. The Labute approximate surface area is 188 Å². The molecule has 3 N–H and O–H groups in total. The maximum atomic E-state index is 12.6. The van der Waals surface area contributed by atoms with Crippen molar-refractivity contribution in [3.8, 4) is 0 Å². The quantitative estimate of drug-likeness (QED) is 0.677. The number of hydrogen-bond acceptors (Lipinski definition) is 5. The van der Waals surface area contributed by atoms with E-state index in [1.165, 1.54) is 0 Å². The van der Waals surface area contributed by atoms with Gasteiger partial charge in [0.25, 0.3) is 0 Å². The van der Waals surface area contributed by atoms with Gasteiger partial charge < -0.3 is 15.3 Å². The van der Waals surface area contributed by atoms with E-state index in [2.05, 4.69) is 6.92 Å². The van der Waals surface area contributed by atoms with E-state index < -0.39 is 34.9 Å². The first-order valence-electron chi connectivity index (χ1n) is 11.7. The lowest BCUT2D eigenvalue weighted by atomic mass is 9.44. The monoisotopic (exact) mass is 436 g/mol. The molecule has 5 rings (SSSR count). The second kappa shape index (κ2) is 7.21. The third-order valence-corrected chi connectivity index (χ3v) is 9.54. The average Bonchev–Trinajstić information content (AvgIpc) is 3.04. The van der Waals surface area contributed by atoms with Gasteiger partial charge in [0.15, 0.2) is 11.6 Å². The van der Waals surface area contributed by atoms with E-state index in [0.717, 1.165) is 29.6 Å². The number of hydrogen-bond donors (Lipinski definition) is 3. The number of carbonyl (C=O) groups is 2. The number of benzene rings is 1. The summed E-state index contributed by atoms with van der Waals surface area (Å²) in [7, 11) is 0. The van der Waals surface area contributed by atoms with Crippen molar-refractivity contribution in [2.45, 2.75) is 57.7 Å². The van der Waals surface area contributed by atoms with Crippen LogP contribution in [0, 0.1) is 28.6 Å². The summed E-state index contributed by atoms with van der Waals surface area (Å²) in [6.07, 6.45) is 5.66. The van der Waals surface area contributed by atoms with Crippen LogP contribution in [0.2, 0.25) is 0 Å². The van der Waals surface area contributed by atoms with Gasteiger partial charge in [-0.25, -0.2) is 0 Å². The fourth-order valence-electron chi connectivity index (χ4n) is 8.04. The van der Waals surface area contributed by atoms with E-state index in [9.17, 15) is 24.9 Å². The summed E-state index contributed by atoms with van der Waals surface area (Å²) in [5, 5.41) is 32.5. The van der Waals surface area contributed by atoms with E-state index in [4.69, 9.17) is 0 Å². The summed E-state index contributed by atoms with van der Waals surface area (Å²) in [5.74, 6) is -0.458. The van der Waals surface area contributed by atoms with Crippen LogP contribution >= 0.6 is 0 Å². The van der Waals surface area contributed by atoms with Crippen LogP contribution in [0.3, 0.4) is 0 Å². The second-order valence-electron chi connectivity index (χ2n) is 10.7. The van der Waals surface area contributed by atoms with Crippen molar-refractivity contribution >= 4 is 17.1 Å². The lowest BCUT2D eigenvalue weighted by Gasteiger charge is -2.60. The van der Waals surface area contributed by atoms with Gasteiger partial charge in [-0.05, 0) is 67.2 Å². The molecule has 4 aliphatic carbocycles. The molecule has 5 nitrogen and oxygen atoms in total. The van der Waals surface area contributed by atoms with Crippen LogP contribution in [0.5, 0.6) is 0 Å². The first kappa shape index (κ1) is 21.7. The van der Waals surface area contributed by atoms with Gasteiger partial charge in [0, 0.05) is 16.7 Å². The number of carbonyl (C=O) groups excluding carboxylic acids is 2. The molecule has 0 heterocycles. The Morgan fingerprint density at radius 1 is 1.12 bits per heavy atom. The van der Waals surface area contributed by atoms with E-state index in [1.54, 1.807) is 12.2 Å². The molecule has 0 saturated heterocycles. The summed E-state index contributed by atoms with van der Waals surface area (Å²) in [4.78, 5) is 25.2. The van der Waals surface area contributed by atoms with Gasteiger partial charge in [-0.2, -0.15) is 0 Å². The van der Waals surface area contributed by atoms with Crippen molar-refractivity contribution in [3.05, 3.63) is 53.6 Å². The van der Waals surface area contributed by atoms with Crippen LogP contribution in [0.1, 0.15) is 51.5 Å². The van der Waals surface area contributed by atoms with Gasteiger partial charge in [-0.1, -0.05) is 49.8 Å². The topological polar surface area (TPSA) is 94.8 Å². The molecule has 1 aromatic rings. The predicted octanol–water partition coefficient (Wildman–Crippen LogP) is 3.09. The number of fused-ring (bicyclic) bond motifs is 5. The third-order valence-electron chi connectivity index (χ3n) is 9.54. The Morgan fingerprint density at radius 3 is 2.53 bits per heavy atom. The fourth-order valence-corrected chi connectivity index (χ4v) is 8.04. The van der Waals surface area contributed by atoms with Gasteiger partial charge in [-0.15, -0.1) is 0 Å². The highest BCUT2D eigenvalue weighted by Gasteiger charge is 2.68. The fraction of sp³-hybridized carbons (Fsp3) is 0.556. The SMILES string of the molecule is C[C@@]12C(=CC(=O)C=C1c1ccccc1)CC[C@@H]1[C@@H]2[C@@H](O)C[C@@]2(C)[C@H]1CC[C@]2(O)C(=O)CO. The zero-order valence-corrected chi connectivity index (χ0v) is 18.8. The van der Waals surface area contributed by atoms with Gasteiger partial charge in [0.1, 0.15) is 12.2 Å². The molecule has 4 aliphatic rings. The smallest absolute Gasteiger partial charge is 0.190 e. The molecule has 32 heavy (non-hydrogen) atoms. The van der Waals surface area contributed by atoms with Crippen molar-refractivity contribution in [2.75, 3.05) is 6.61 Å². The van der Waals surface area contributed by atoms with E-state index in [1.807, 2.05) is 37.3 Å². The van der Waals surface area contributed by atoms with Crippen molar-refractivity contribution in [1.29, 1.82) is 0 Å². The molecule has 170 valence electrons. The number of ketones is 2. The maximum Gasteiger partial charge on any atom is 0.190 e. The lowest BCUT2D eigenvalue weighted by Crippen LogP contribution is -2.62. The number of aliphatic hydroxyl groups is 3. The van der Waals surface area contributed by atoms with Crippen molar-refractivity contribution in [3.63, 3.8) is 0 Å². The Balaban J connectivity index is 1.61. The minimum atomic E-state index is -1.60. The number of allylic oxidation sites excluding steroid dienone is 4. The van der Waals surface area contributed by atoms with Crippen LogP contribution < -0.4 is 0 Å². The molecule has 7 atom stereocenters. The Hall–Kier alpha value is -2.08. The Morgan fingerprint density at radius 2 is 1.84 bits per heavy atom. The Kier molecular flexibility index (Phi) is 4.90. The first-order chi connectivity index (χ1) is 15.2. The number of rotatable bonds is 3. The summed E-state index contributed by atoms with van der Waals surface area (Å²) in [6, 6.07) is 9.92. The minimum Gasteiger partial charge on any atom is -0.393 e. The largest absolute Gasteiger partial charge is 0.393 e.